The Bertz CT molecular complexity index is 388. The van der Waals surface area contributed by atoms with E-state index < -0.39 is 7.60 Å². The molecule has 2 N–H and O–H groups in total. The first kappa shape index (κ1) is 11.5. The molecule has 0 aliphatic heterocycles. The van der Waals surface area contributed by atoms with Crippen molar-refractivity contribution >= 4 is 30.2 Å². The fourth-order valence-electron chi connectivity index (χ4n) is 1.01. The van der Waals surface area contributed by atoms with Gasteiger partial charge in [-0.3, -0.25) is 4.57 Å². The molecule has 0 fully saturated rings. The van der Waals surface area contributed by atoms with Crippen LogP contribution in [0.4, 0.5) is 5.69 Å². The van der Waals surface area contributed by atoms with E-state index in [9.17, 15) is 4.57 Å². The van der Waals surface area contributed by atoms with Crippen LogP contribution in [-0.2, 0) is 4.57 Å². The molecule has 1 aromatic rings. The Kier molecular flexibility index (Phi) is 3.22. The van der Waals surface area contributed by atoms with Crippen molar-refractivity contribution in [3.63, 3.8) is 0 Å². The lowest BCUT2D eigenvalue weighted by Gasteiger charge is -2.14. The van der Waals surface area contributed by atoms with Gasteiger partial charge in [-0.2, -0.15) is 0 Å². The van der Waals surface area contributed by atoms with E-state index in [1.54, 1.807) is 11.0 Å². The SMILES string of the molecule is CN(C)c1ccc(P(=O)(O)O)c(Cl)c1. The molecule has 14 heavy (non-hydrogen) atoms. The monoisotopic (exact) mass is 235 g/mol. The molecular weight excluding hydrogens is 225 g/mol. The molecule has 0 spiro atoms. The van der Waals surface area contributed by atoms with Gasteiger partial charge in [0.15, 0.2) is 0 Å². The van der Waals surface area contributed by atoms with Gasteiger partial charge < -0.3 is 14.7 Å². The smallest absolute Gasteiger partial charge is 0.357 e. The first-order chi connectivity index (χ1) is 6.32. The Hall–Kier alpha value is -0.540. The molecule has 0 saturated carbocycles. The summed E-state index contributed by atoms with van der Waals surface area (Å²) in [5.41, 5.74) is 0.798. The van der Waals surface area contributed by atoms with Gasteiger partial charge in [-0.1, -0.05) is 11.6 Å². The fraction of sp³-hybridized carbons (Fsp3) is 0.250. The molecule has 1 aromatic carbocycles. The molecule has 0 bridgehead atoms. The van der Waals surface area contributed by atoms with Crippen LogP contribution in [0.1, 0.15) is 0 Å². The van der Waals surface area contributed by atoms with Crippen molar-refractivity contribution in [3.8, 4) is 0 Å². The second-order valence-electron chi connectivity index (χ2n) is 3.07. The summed E-state index contributed by atoms with van der Waals surface area (Å²) in [7, 11) is -0.612. The van der Waals surface area contributed by atoms with Gasteiger partial charge >= 0.3 is 7.60 Å². The summed E-state index contributed by atoms with van der Waals surface area (Å²) < 4.78 is 10.9. The van der Waals surface area contributed by atoms with Crippen molar-refractivity contribution in [1.82, 2.24) is 0 Å². The lowest BCUT2D eigenvalue weighted by Crippen LogP contribution is -2.11. The third-order valence-electron chi connectivity index (χ3n) is 1.76. The maximum Gasteiger partial charge on any atom is 0.357 e. The Labute approximate surface area is 87.3 Å². The summed E-state index contributed by atoms with van der Waals surface area (Å²) in [5, 5.41) is -0.0469. The van der Waals surface area contributed by atoms with Crippen LogP contribution in [0.2, 0.25) is 5.02 Å². The summed E-state index contributed by atoms with van der Waals surface area (Å²) in [6.45, 7) is 0. The molecule has 0 aromatic heterocycles. The van der Waals surface area contributed by atoms with Crippen molar-refractivity contribution < 1.29 is 14.4 Å². The second-order valence-corrected chi connectivity index (χ2v) is 5.05. The van der Waals surface area contributed by atoms with Crippen LogP contribution in [0.25, 0.3) is 0 Å². The van der Waals surface area contributed by atoms with E-state index in [0.29, 0.717) is 0 Å². The quantitative estimate of drug-likeness (QED) is 0.757. The van der Waals surface area contributed by atoms with Gasteiger partial charge in [-0.15, -0.1) is 0 Å². The largest absolute Gasteiger partial charge is 0.378 e. The number of benzene rings is 1. The zero-order chi connectivity index (χ0) is 10.9. The van der Waals surface area contributed by atoms with Crippen molar-refractivity contribution in [1.29, 1.82) is 0 Å². The maximum absolute atomic E-state index is 10.9. The number of anilines is 1. The van der Waals surface area contributed by atoms with Crippen LogP contribution in [0, 0.1) is 0 Å². The first-order valence-corrected chi connectivity index (χ1v) is 5.84. The van der Waals surface area contributed by atoms with Crippen molar-refractivity contribution in [2.45, 2.75) is 0 Å². The molecule has 0 aliphatic carbocycles. The van der Waals surface area contributed by atoms with Gasteiger partial charge in [-0.25, -0.2) is 0 Å². The van der Waals surface area contributed by atoms with Gasteiger partial charge in [0.05, 0.1) is 10.3 Å². The van der Waals surface area contributed by atoms with E-state index in [0.717, 1.165) is 5.69 Å². The molecule has 1 rings (SSSR count). The summed E-state index contributed by atoms with van der Waals surface area (Å²) in [4.78, 5) is 19.6. The van der Waals surface area contributed by atoms with Crippen molar-refractivity contribution in [2.75, 3.05) is 19.0 Å². The number of halogens is 1. The molecule has 0 amide bonds. The first-order valence-electron chi connectivity index (χ1n) is 3.85. The van der Waals surface area contributed by atoms with Crippen molar-refractivity contribution in [2.24, 2.45) is 0 Å². The minimum Gasteiger partial charge on any atom is -0.378 e. The predicted octanol–water partition coefficient (Wildman–Crippen LogP) is 1.21. The molecule has 0 heterocycles. The van der Waals surface area contributed by atoms with E-state index in [4.69, 9.17) is 21.4 Å². The topological polar surface area (TPSA) is 60.8 Å². The van der Waals surface area contributed by atoms with Crippen LogP contribution < -0.4 is 10.2 Å². The summed E-state index contributed by atoms with van der Waals surface area (Å²) in [6, 6.07) is 4.48. The molecule has 0 atom stereocenters. The Morgan fingerprint density at radius 2 is 1.93 bits per heavy atom. The van der Waals surface area contributed by atoms with E-state index in [1.807, 2.05) is 14.1 Å². The number of rotatable bonds is 2. The minimum absolute atomic E-state index is 0.0875. The molecule has 0 radical (unpaired) electrons. The average Bonchev–Trinajstić information content (AvgIpc) is 2.01. The third kappa shape index (κ3) is 2.49. The Morgan fingerprint density at radius 3 is 2.29 bits per heavy atom. The Morgan fingerprint density at radius 1 is 1.36 bits per heavy atom. The summed E-state index contributed by atoms with van der Waals surface area (Å²) in [5.74, 6) is 0. The lowest BCUT2D eigenvalue weighted by molar-refractivity contribution is 0.387. The van der Waals surface area contributed by atoms with Gasteiger partial charge in [0.2, 0.25) is 0 Å². The van der Waals surface area contributed by atoms with Gasteiger partial charge in [0.1, 0.15) is 0 Å². The summed E-state index contributed by atoms with van der Waals surface area (Å²) >= 11 is 5.74. The van der Waals surface area contributed by atoms with Crippen LogP contribution >= 0.6 is 19.2 Å². The molecule has 0 unspecified atom stereocenters. The highest BCUT2D eigenvalue weighted by Crippen LogP contribution is 2.37. The van der Waals surface area contributed by atoms with Crippen LogP contribution in [0.15, 0.2) is 18.2 Å². The second kappa shape index (κ2) is 3.91. The molecule has 78 valence electrons. The molecule has 0 saturated heterocycles. The van der Waals surface area contributed by atoms with Crippen LogP contribution in [0.5, 0.6) is 0 Å². The maximum atomic E-state index is 10.9. The normalized spacial score (nSPS) is 11.5. The van der Waals surface area contributed by atoms with Crippen molar-refractivity contribution in [3.05, 3.63) is 23.2 Å². The molecule has 4 nitrogen and oxygen atoms in total. The Balaban J connectivity index is 3.21. The van der Waals surface area contributed by atoms with Crippen LogP contribution in [0.3, 0.4) is 0 Å². The molecule has 6 heteroatoms. The zero-order valence-corrected chi connectivity index (χ0v) is 9.46. The van der Waals surface area contributed by atoms with Gasteiger partial charge in [0, 0.05) is 19.8 Å². The summed E-state index contributed by atoms with van der Waals surface area (Å²) in [6.07, 6.45) is 0. The zero-order valence-electron chi connectivity index (χ0n) is 7.81. The highest BCUT2D eigenvalue weighted by atomic mass is 35.5. The highest BCUT2D eigenvalue weighted by molar-refractivity contribution is 7.60. The van der Waals surface area contributed by atoms with E-state index in [2.05, 4.69) is 0 Å². The lowest BCUT2D eigenvalue weighted by atomic mass is 10.3. The van der Waals surface area contributed by atoms with E-state index in [-0.39, 0.29) is 10.3 Å². The predicted molar refractivity (Wildman–Crippen MR) is 57.5 cm³/mol. The number of hydrogen-bond donors (Lipinski definition) is 2. The highest BCUT2D eigenvalue weighted by Gasteiger charge is 2.20. The molecule has 0 aliphatic rings. The fourth-order valence-corrected chi connectivity index (χ4v) is 2.13. The molecular formula is C8H11ClNO3P. The number of nitrogens with zero attached hydrogens (tertiary/aromatic N) is 1. The average molecular weight is 236 g/mol. The standard InChI is InChI=1S/C8H11ClNO3P/c1-10(2)6-3-4-8(7(9)5-6)14(11,12)13/h3-5H,1-2H3,(H2,11,12,13). The third-order valence-corrected chi connectivity index (χ3v) is 3.22. The number of hydrogen-bond acceptors (Lipinski definition) is 2. The van der Waals surface area contributed by atoms with E-state index >= 15 is 0 Å². The van der Waals surface area contributed by atoms with Gasteiger partial charge in [0.25, 0.3) is 0 Å². The van der Waals surface area contributed by atoms with E-state index in [1.165, 1.54) is 12.1 Å². The minimum atomic E-state index is -4.26. The van der Waals surface area contributed by atoms with Gasteiger partial charge in [-0.05, 0) is 18.2 Å². The van der Waals surface area contributed by atoms with Crippen LogP contribution in [-0.4, -0.2) is 23.9 Å².